The van der Waals surface area contributed by atoms with Crippen molar-refractivity contribution < 1.29 is 13.9 Å². The second-order valence-corrected chi connectivity index (χ2v) is 7.07. The summed E-state index contributed by atoms with van der Waals surface area (Å²) in [6.07, 6.45) is 0. The average molecular weight is 361 g/mol. The number of hydrogen-bond acceptors (Lipinski definition) is 8. The van der Waals surface area contributed by atoms with Gasteiger partial charge in [0.25, 0.3) is 5.89 Å². The largest absolute Gasteiger partial charge is 0.452 e. The molecule has 1 aromatic carbocycles. The van der Waals surface area contributed by atoms with Crippen molar-refractivity contribution >= 4 is 29.1 Å². The van der Waals surface area contributed by atoms with Gasteiger partial charge in [-0.25, -0.2) is 9.78 Å². The lowest BCUT2D eigenvalue weighted by Gasteiger charge is -2.04. The van der Waals surface area contributed by atoms with Crippen LogP contribution in [0.2, 0.25) is 0 Å². The highest BCUT2D eigenvalue weighted by molar-refractivity contribution is 7.98. The van der Waals surface area contributed by atoms with E-state index in [-0.39, 0.29) is 12.5 Å². The molecule has 2 heterocycles. The summed E-state index contributed by atoms with van der Waals surface area (Å²) in [5, 5.41) is 10.6. The zero-order valence-corrected chi connectivity index (χ0v) is 14.8. The van der Waals surface area contributed by atoms with Crippen LogP contribution >= 0.6 is 23.1 Å². The van der Waals surface area contributed by atoms with Crippen molar-refractivity contribution in [3.63, 3.8) is 0 Å². The molecule has 0 aliphatic heterocycles. The topological polar surface area (TPSA) is 78.1 Å². The van der Waals surface area contributed by atoms with E-state index in [2.05, 4.69) is 20.6 Å². The minimum Gasteiger partial charge on any atom is -0.452 e. The number of hydrogen-bond donors (Lipinski definition) is 0. The first-order valence-electron chi connectivity index (χ1n) is 7.20. The highest BCUT2D eigenvalue weighted by Gasteiger charge is 2.10. The maximum Gasteiger partial charge on any atom is 0.338 e. The molecule has 24 heavy (non-hydrogen) atoms. The highest BCUT2D eigenvalue weighted by atomic mass is 32.2. The number of esters is 1. The SMILES string of the molecule is Cc1nnc(COC(=O)c2ccc(SCc3csc(C)n3)cc2)o1. The Morgan fingerprint density at radius 3 is 2.67 bits per heavy atom. The first-order valence-corrected chi connectivity index (χ1v) is 9.06. The molecule has 3 rings (SSSR count). The smallest absolute Gasteiger partial charge is 0.338 e. The summed E-state index contributed by atoms with van der Waals surface area (Å²) in [7, 11) is 0. The van der Waals surface area contributed by atoms with Gasteiger partial charge in [-0.15, -0.1) is 33.3 Å². The van der Waals surface area contributed by atoms with Gasteiger partial charge in [0.2, 0.25) is 5.89 Å². The molecule has 0 saturated heterocycles. The summed E-state index contributed by atoms with van der Waals surface area (Å²) in [4.78, 5) is 17.5. The molecule has 0 aliphatic rings. The summed E-state index contributed by atoms with van der Waals surface area (Å²) < 4.78 is 10.3. The molecule has 0 radical (unpaired) electrons. The summed E-state index contributed by atoms with van der Waals surface area (Å²) in [5.74, 6) is 1.12. The maximum atomic E-state index is 12.0. The Bertz CT molecular complexity index is 827. The standard InChI is InChI=1S/C16H15N3O3S2/c1-10-18-19-15(22-10)7-21-16(20)12-3-5-14(6-4-12)24-9-13-8-23-11(2)17-13/h3-6,8H,7,9H2,1-2H3. The number of thioether (sulfide) groups is 1. The van der Waals surface area contributed by atoms with E-state index < -0.39 is 5.97 Å². The van der Waals surface area contributed by atoms with Crippen molar-refractivity contribution in [1.82, 2.24) is 15.2 Å². The van der Waals surface area contributed by atoms with Crippen LogP contribution in [0.25, 0.3) is 0 Å². The number of ether oxygens (including phenoxy) is 1. The molecule has 0 unspecified atom stereocenters. The van der Waals surface area contributed by atoms with Crippen LogP contribution in [-0.4, -0.2) is 21.2 Å². The van der Waals surface area contributed by atoms with E-state index in [0.29, 0.717) is 11.5 Å². The van der Waals surface area contributed by atoms with Gasteiger partial charge in [0.1, 0.15) is 0 Å². The Kier molecular flexibility index (Phi) is 5.27. The van der Waals surface area contributed by atoms with Gasteiger partial charge in [0.05, 0.1) is 16.3 Å². The number of benzene rings is 1. The molecule has 6 nitrogen and oxygen atoms in total. The first-order chi connectivity index (χ1) is 11.6. The second kappa shape index (κ2) is 7.59. The van der Waals surface area contributed by atoms with E-state index in [0.717, 1.165) is 21.3 Å². The van der Waals surface area contributed by atoms with E-state index in [1.807, 2.05) is 19.1 Å². The zero-order chi connectivity index (χ0) is 16.9. The van der Waals surface area contributed by atoms with Gasteiger partial charge in [-0.2, -0.15) is 0 Å². The molecule has 3 aromatic rings. The quantitative estimate of drug-likeness (QED) is 0.488. The number of rotatable bonds is 6. The third-order valence-electron chi connectivity index (χ3n) is 3.04. The van der Waals surface area contributed by atoms with E-state index in [1.54, 1.807) is 42.2 Å². The highest BCUT2D eigenvalue weighted by Crippen LogP contribution is 2.24. The molecule has 0 aliphatic carbocycles. The second-order valence-electron chi connectivity index (χ2n) is 4.96. The summed E-state index contributed by atoms with van der Waals surface area (Å²) in [5.41, 5.74) is 1.56. The van der Waals surface area contributed by atoms with Crippen molar-refractivity contribution in [1.29, 1.82) is 0 Å². The van der Waals surface area contributed by atoms with Crippen LogP contribution in [0.1, 0.15) is 32.8 Å². The molecule has 0 bridgehead atoms. The molecule has 0 saturated carbocycles. The normalized spacial score (nSPS) is 10.8. The summed E-state index contributed by atoms with van der Waals surface area (Å²) >= 11 is 3.33. The Labute approximate surface area is 147 Å². The number of aryl methyl sites for hydroxylation is 2. The molecule has 0 fully saturated rings. The number of nitrogens with zero attached hydrogens (tertiary/aromatic N) is 3. The lowest BCUT2D eigenvalue weighted by Crippen LogP contribution is -2.05. The maximum absolute atomic E-state index is 12.0. The van der Waals surface area contributed by atoms with Crippen LogP contribution < -0.4 is 0 Å². The van der Waals surface area contributed by atoms with Gasteiger partial charge in [0, 0.05) is 23.0 Å². The molecular formula is C16H15N3O3S2. The molecule has 2 aromatic heterocycles. The van der Waals surface area contributed by atoms with E-state index >= 15 is 0 Å². The van der Waals surface area contributed by atoms with Gasteiger partial charge < -0.3 is 9.15 Å². The monoisotopic (exact) mass is 361 g/mol. The Morgan fingerprint density at radius 2 is 2.04 bits per heavy atom. The zero-order valence-electron chi connectivity index (χ0n) is 13.2. The molecule has 8 heteroatoms. The van der Waals surface area contributed by atoms with E-state index in [9.17, 15) is 4.79 Å². The van der Waals surface area contributed by atoms with Crippen molar-refractivity contribution in [3.05, 3.63) is 57.7 Å². The average Bonchev–Trinajstić information content (AvgIpc) is 3.19. The van der Waals surface area contributed by atoms with Crippen molar-refractivity contribution in [2.75, 3.05) is 0 Å². The van der Waals surface area contributed by atoms with Crippen LogP contribution in [0.15, 0.2) is 39.0 Å². The fourth-order valence-corrected chi connectivity index (χ4v) is 3.43. The van der Waals surface area contributed by atoms with Crippen LogP contribution in [0.4, 0.5) is 0 Å². The fraction of sp³-hybridized carbons (Fsp3) is 0.250. The van der Waals surface area contributed by atoms with Gasteiger partial charge in [-0.3, -0.25) is 0 Å². The minimum atomic E-state index is -0.419. The van der Waals surface area contributed by atoms with Crippen LogP contribution in [0.5, 0.6) is 0 Å². The molecule has 0 atom stereocenters. The predicted octanol–water partition coefficient (Wildman–Crippen LogP) is 3.79. The number of thiazole rings is 1. The molecule has 0 amide bonds. The third-order valence-corrected chi connectivity index (χ3v) is 4.91. The summed E-state index contributed by atoms with van der Waals surface area (Å²) in [6, 6.07) is 7.29. The number of carbonyl (C=O) groups is 1. The minimum absolute atomic E-state index is 0.0284. The van der Waals surface area contributed by atoms with Gasteiger partial charge >= 0.3 is 5.97 Å². The Morgan fingerprint density at radius 1 is 1.25 bits per heavy atom. The van der Waals surface area contributed by atoms with Crippen LogP contribution in [-0.2, 0) is 17.1 Å². The predicted molar refractivity (Wildman–Crippen MR) is 91.0 cm³/mol. The van der Waals surface area contributed by atoms with Gasteiger partial charge in [-0.1, -0.05) is 0 Å². The Balaban J connectivity index is 1.52. The number of aromatic nitrogens is 3. The lowest BCUT2D eigenvalue weighted by atomic mass is 10.2. The van der Waals surface area contributed by atoms with E-state index in [4.69, 9.17) is 9.15 Å². The van der Waals surface area contributed by atoms with Gasteiger partial charge in [0.15, 0.2) is 6.61 Å². The van der Waals surface area contributed by atoms with Crippen molar-refractivity contribution in [2.45, 2.75) is 31.1 Å². The summed E-state index contributed by atoms with van der Waals surface area (Å²) in [6.45, 7) is 3.65. The molecular weight excluding hydrogens is 346 g/mol. The number of carbonyl (C=O) groups excluding carboxylic acids is 1. The molecule has 124 valence electrons. The third kappa shape index (κ3) is 4.42. The molecule has 0 N–H and O–H groups in total. The van der Waals surface area contributed by atoms with Crippen LogP contribution in [0.3, 0.4) is 0 Å². The Hall–Kier alpha value is -2.19. The fourth-order valence-electron chi connectivity index (χ4n) is 1.93. The first kappa shape index (κ1) is 16.7. The van der Waals surface area contributed by atoms with E-state index in [1.165, 1.54) is 0 Å². The molecule has 0 spiro atoms. The lowest BCUT2D eigenvalue weighted by molar-refractivity contribution is 0.0437. The van der Waals surface area contributed by atoms with Crippen molar-refractivity contribution in [2.24, 2.45) is 0 Å². The van der Waals surface area contributed by atoms with Crippen molar-refractivity contribution in [3.8, 4) is 0 Å². The van der Waals surface area contributed by atoms with Crippen LogP contribution in [0, 0.1) is 13.8 Å². The van der Waals surface area contributed by atoms with Gasteiger partial charge in [-0.05, 0) is 31.2 Å².